The lowest BCUT2D eigenvalue weighted by Gasteiger charge is -2.32. The molecule has 1 saturated heterocycles. The van der Waals surface area contributed by atoms with Gasteiger partial charge in [0.05, 0.1) is 7.11 Å². The number of amides is 2. The molecule has 2 aromatic carbocycles. The summed E-state index contributed by atoms with van der Waals surface area (Å²) in [6.07, 6.45) is 2.18. The van der Waals surface area contributed by atoms with Gasteiger partial charge in [-0.2, -0.15) is 0 Å². The van der Waals surface area contributed by atoms with Crippen molar-refractivity contribution in [3.05, 3.63) is 71.4 Å². The maximum absolute atomic E-state index is 12.6. The molecule has 25 heavy (non-hydrogen) atoms. The van der Waals surface area contributed by atoms with Crippen LogP contribution in [0.2, 0.25) is 0 Å². The van der Waals surface area contributed by atoms with Crippen LogP contribution in [0, 0.1) is 0 Å². The largest absolute Gasteiger partial charge is 0.497 e. The summed E-state index contributed by atoms with van der Waals surface area (Å²) in [4.78, 5) is 26.5. The normalized spacial score (nSPS) is 19.0. The molecule has 5 heteroatoms. The lowest BCUT2D eigenvalue weighted by Crippen LogP contribution is -2.56. The number of nitrogens with zero attached hydrogens (tertiary/aromatic N) is 1. The highest BCUT2D eigenvalue weighted by molar-refractivity contribution is 6.07. The molecule has 0 bridgehead atoms. The topological polar surface area (TPSA) is 58.6 Å². The van der Waals surface area contributed by atoms with Crippen molar-refractivity contribution in [2.75, 3.05) is 14.2 Å². The van der Waals surface area contributed by atoms with Crippen LogP contribution in [-0.4, -0.2) is 36.9 Å². The molecule has 0 spiro atoms. The van der Waals surface area contributed by atoms with Gasteiger partial charge < -0.3 is 15.0 Å². The molecule has 1 aliphatic rings. The van der Waals surface area contributed by atoms with Crippen LogP contribution in [0.15, 0.2) is 60.3 Å². The molecule has 1 unspecified atom stereocenters. The second kappa shape index (κ2) is 7.21. The third-order valence-corrected chi connectivity index (χ3v) is 4.23. The molecule has 5 nitrogen and oxygen atoms in total. The van der Waals surface area contributed by atoms with Gasteiger partial charge in [-0.25, -0.2) is 0 Å². The summed E-state index contributed by atoms with van der Waals surface area (Å²) in [6.45, 7) is 0. The molecule has 2 amide bonds. The van der Waals surface area contributed by atoms with E-state index in [1.54, 1.807) is 20.2 Å². The lowest BCUT2D eigenvalue weighted by molar-refractivity contribution is -0.138. The highest BCUT2D eigenvalue weighted by atomic mass is 16.5. The Kier molecular flexibility index (Phi) is 4.84. The van der Waals surface area contributed by atoms with Gasteiger partial charge in [0, 0.05) is 13.5 Å². The molecule has 128 valence electrons. The first-order valence-corrected chi connectivity index (χ1v) is 8.06. The number of nitrogens with one attached hydrogen (secondary N) is 1. The molecule has 2 aromatic rings. The van der Waals surface area contributed by atoms with Crippen LogP contribution in [0.5, 0.6) is 5.75 Å². The van der Waals surface area contributed by atoms with Crippen LogP contribution < -0.4 is 10.1 Å². The van der Waals surface area contributed by atoms with E-state index in [-0.39, 0.29) is 11.8 Å². The third-order valence-electron chi connectivity index (χ3n) is 4.23. The SMILES string of the molecule is COc1ccc(C=C2C(=O)NC(Cc3ccccc3)C(=O)N2C)cc1. The molecule has 1 fully saturated rings. The smallest absolute Gasteiger partial charge is 0.268 e. The van der Waals surface area contributed by atoms with Crippen LogP contribution in [0.4, 0.5) is 0 Å². The van der Waals surface area contributed by atoms with E-state index < -0.39 is 6.04 Å². The standard InChI is InChI=1S/C20H20N2O3/c1-22-18(13-15-8-10-16(25-2)11-9-15)19(23)21-17(20(22)24)12-14-6-4-3-5-7-14/h3-11,13,17H,12H2,1-2H3,(H,21,23). The summed E-state index contributed by atoms with van der Waals surface area (Å²) < 4.78 is 5.12. The average molecular weight is 336 g/mol. The Bertz CT molecular complexity index is 797. The van der Waals surface area contributed by atoms with Crippen LogP contribution in [0.1, 0.15) is 11.1 Å². The van der Waals surface area contributed by atoms with Crippen LogP contribution in [0.3, 0.4) is 0 Å². The molecule has 1 atom stereocenters. The number of rotatable bonds is 4. The maximum atomic E-state index is 12.6. The number of carbonyl (C=O) groups excluding carboxylic acids is 2. The quantitative estimate of drug-likeness (QED) is 0.871. The average Bonchev–Trinajstić information content (AvgIpc) is 2.64. The number of benzene rings is 2. The van der Waals surface area contributed by atoms with Crippen molar-refractivity contribution in [1.82, 2.24) is 10.2 Å². The Morgan fingerprint density at radius 3 is 2.40 bits per heavy atom. The van der Waals surface area contributed by atoms with Gasteiger partial charge in [-0.1, -0.05) is 42.5 Å². The van der Waals surface area contributed by atoms with Crippen LogP contribution in [0.25, 0.3) is 6.08 Å². The summed E-state index contributed by atoms with van der Waals surface area (Å²) >= 11 is 0. The number of hydrogen-bond acceptors (Lipinski definition) is 3. The molecule has 3 rings (SSSR count). The number of hydrogen-bond donors (Lipinski definition) is 1. The van der Waals surface area contributed by atoms with Crippen molar-refractivity contribution in [3.63, 3.8) is 0 Å². The van der Waals surface area contributed by atoms with Gasteiger partial charge in [0.25, 0.3) is 5.91 Å². The van der Waals surface area contributed by atoms with E-state index in [0.717, 1.165) is 16.9 Å². The molecular weight excluding hydrogens is 316 g/mol. The summed E-state index contributed by atoms with van der Waals surface area (Å²) in [5, 5.41) is 2.81. The monoisotopic (exact) mass is 336 g/mol. The van der Waals surface area contributed by atoms with E-state index in [1.165, 1.54) is 4.90 Å². The van der Waals surface area contributed by atoms with Crippen molar-refractivity contribution in [3.8, 4) is 5.75 Å². The molecule has 1 N–H and O–H groups in total. The molecule has 0 saturated carbocycles. The summed E-state index contributed by atoms with van der Waals surface area (Å²) in [5.74, 6) is 0.365. The van der Waals surface area contributed by atoms with Crippen molar-refractivity contribution < 1.29 is 14.3 Å². The molecule has 0 aliphatic carbocycles. The second-order valence-electron chi connectivity index (χ2n) is 5.92. The first-order chi connectivity index (χ1) is 12.1. The Balaban J connectivity index is 1.79. The highest BCUT2D eigenvalue weighted by Crippen LogP contribution is 2.19. The van der Waals surface area contributed by atoms with E-state index in [4.69, 9.17) is 4.74 Å². The lowest BCUT2D eigenvalue weighted by atomic mass is 10.0. The van der Waals surface area contributed by atoms with Crippen molar-refractivity contribution >= 4 is 17.9 Å². The third kappa shape index (κ3) is 3.71. The number of ether oxygens (including phenoxy) is 1. The minimum absolute atomic E-state index is 0.122. The predicted molar refractivity (Wildman–Crippen MR) is 95.8 cm³/mol. The Morgan fingerprint density at radius 2 is 1.76 bits per heavy atom. The fraction of sp³-hybridized carbons (Fsp3) is 0.200. The van der Waals surface area contributed by atoms with Crippen LogP contribution >= 0.6 is 0 Å². The minimum atomic E-state index is -0.548. The highest BCUT2D eigenvalue weighted by Gasteiger charge is 2.34. The number of piperazine rings is 1. The molecular formula is C20H20N2O3. The van der Waals surface area contributed by atoms with Crippen molar-refractivity contribution in [2.45, 2.75) is 12.5 Å². The minimum Gasteiger partial charge on any atom is -0.497 e. The van der Waals surface area contributed by atoms with Gasteiger partial charge >= 0.3 is 0 Å². The van der Waals surface area contributed by atoms with Gasteiger partial charge in [0.1, 0.15) is 17.5 Å². The van der Waals surface area contributed by atoms with Crippen molar-refractivity contribution in [1.29, 1.82) is 0 Å². The fourth-order valence-electron chi connectivity index (χ4n) is 2.81. The van der Waals surface area contributed by atoms with Gasteiger partial charge in [0.15, 0.2) is 0 Å². The summed E-state index contributed by atoms with van der Waals surface area (Å²) in [5.41, 5.74) is 2.17. The molecule has 1 heterocycles. The van der Waals surface area contributed by atoms with E-state index in [1.807, 2.05) is 54.6 Å². The van der Waals surface area contributed by atoms with Gasteiger partial charge in [-0.3, -0.25) is 9.59 Å². The zero-order chi connectivity index (χ0) is 17.8. The number of methoxy groups -OCH3 is 1. The fourth-order valence-corrected chi connectivity index (χ4v) is 2.81. The first kappa shape index (κ1) is 16.8. The maximum Gasteiger partial charge on any atom is 0.268 e. The molecule has 1 aliphatic heterocycles. The number of likely N-dealkylation sites (N-methyl/N-ethyl adjacent to an activating group) is 1. The summed E-state index contributed by atoms with van der Waals surface area (Å²) in [7, 11) is 3.23. The zero-order valence-electron chi connectivity index (χ0n) is 14.2. The Labute approximate surface area is 146 Å². The predicted octanol–water partition coefficient (Wildman–Crippen LogP) is 2.24. The first-order valence-electron chi connectivity index (χ1n) is 8.06. The van der Waals surface area contributed by atoms with Gasteiger partial charge in [0.2, 0.25) is 5.91 Å². The second-order valence-corrected chi connectivity index (χ2v) is 5.92. The Morgan fingerprint density at radius 1 is 1.08 bits per heavy atom. The zero-order valence-corrected chi connectivity index (χ0v) is 14.2. The molecule has 0 radical (unpaired) electrons. The van der Waals surface area contributed by atoms with Crippen LogP contribution in [-0.2, 0) is 16.0 Å². The van der Waals surface area contributed by atoms with E-state index >= 15 is 0 Å². The van der Waals surface area contributed by atoms with Gasteiger partial charge in [-0.15, -0.1) is 0 Å². The molecule has 0 aromatic heterocycles. The van der Waals surface area contributed by atoms with Crippen molar-refractivity contribution in [2.24, 2.45) is 0 Å². The van der Waals surface area contributed by atoms with Gasteiger partial charge in [-0.05, 0) is 29.3 Å². The van der Waals surface area contributed by atoms with E-state index in [0.29, 0.717) is 12.1 Å². The Hall–Kier alpha value is -3.08. The number of carbonyl (C=O) groups is 2. The summed E-state index contributed by atoms with van der Waals surface area (Å²) in [6, 6.07) is 16.4. The van der Waals surface area contributed by atoms with E-state index in [9.17, 15) is 9.59 Å². The van der Waals surface area contributed by atoms with E-state index in [2.05, 4.69) is 5.32 Å².